The van der Waals surface area contributed by atoms with E-state index < -0.39 is 20.0 Å². The van der Waals surface area contributed by atoms with Gasteiger partial charge in [-0.2, -0.15) is 4.31 Å². The third-order valence-corrected chi connectivity index (χ3v) is 8.88. The molecule has 32 heavy (non-hydrogen) atoms. The lowest BCUT2D eigenvalue weighted by Gasteiger charge is -2.29. The zero-order valence-corrected chi connectivity index (χ0v) is 19.9. The number of amides is 1. The molecule has 0 aromatic heterocycles. The Hall–Kier alpha value is -2.27. The summed E-state index contributed by atoms with van der Waals surface area (Å²) in [4.78, 5) is 12.5. The molecule has 1 saturated heterocycles. The van der Waals surface area contributed by atoms with E-state index in [1.807, 2.05) is 6.92 Å². The quantitative estimate of drug-likeness (QED) is 0.605. The van der Waals surface area contributed by atoms with Crippen LogP contribution in [0.4, 0.5) is 5.69 Å². The molecular weight excluding hydrogens is 450 g/mol. The Bertz CT molecular complexity index is 1140. The lowest BCUT2D eigenvalue weighted by molar-refractivity contribution is -0.116. The van der Waals surface area contributed by atoms with Gasteiger partial charge in [0, 0.05) is 31.7 Å². The molecule has 0 bridgehead atoms. The first-order valence-corrected chi connectivity index (χ1v) is 13.5. The van der Waals surface area contributed by atoms with Crippen LogP contribution in [0.3, 0.4) is 0 Å². The highest BCUT2D eigenvalue weighted by molar-refractivity contribution is 7.89. The number of anilines is 1. The number of sulfonamides is 2. The van der Waals surface area contributed by atoms with Crippen LogP contribution >= 0.6 is 0 Å². The molecule has 1 heterocycles. The van der Waals surface area contributed by atoms with Crippen LogP contribution in [-0.2, 0) is 24.8 Å². The van der Waals surface area contributed by atoms with E-state index in [0.717, 1.165) is 18.4 Å². The standard InChI is InChI=1S/C22H29N3O5S2/c1-17-3-7-20(8-4-17)31(27,28)23-14-11-22(26)24-19-5-9-21(10-6-19)32(29,30)25-15-12-18(2)13-16-25/h3-10,18,23H,11-16H2,1-2H3,(H,24,26). The molecule has 1 amide bonds. The second kappa shape index (κ2) is 10.1. The van der Waals surface area contributed by atoms with E-state index in [2.05, 4.69) is 17.0 Å². The summed E-state index contributed by atoms with van der Waals surface area (Å²) in [5, 5.41) is 2.66. The third-order valence-electron chi connectivity index (χ3n) is 5.49. The van der Waals surface area contributed by atoms with Crippen molar-refractivity contribution in [1.29, 1.82) is 0 Å². The van der Waals surface area contributed by atoms with E-state index in [1.54, 1.807) is 12.1 Å². The summed E-state index contributed by atoms with van der Waals surface area (Å²) in [6, 6.07) is 12.5. The van der Waals surface area contributed by atoms with Gasteiger partial charge in [-0.15, -0.1) is 0 Å². The van der Waals surface area contributed by atoms with Gasteiger partial charge in [-0.05, 0) is 62.1 Å². The maximum Gasteiger partial charge on any atom is 0.243 e. The Kier molecular flexibility index (Phi) is 7.71. The molecule has 8 nitrogen and oxygen atoms in total. The first-order chi connectivity index (χ1) is 15.1. The first kappa shape index (κ1) is 24.4. The van der Waals surface area contributed by atoms with Crippen molar-refractivity contribution in [3.05, 3.63) is 54.1 Å². The number of carbonyl (C=O) groups is 1. The van der Waals surface area contributed by atoms with E-state index in [-0.39, 0.29) is 28.7 Å². The molecule has 1 aliphatic rings. The Morgan fingerprint density at radius 2 is 1.50 bits per heavy atom. The van der Waals surface area contributed by atoms with Crippen LogP contribution in [-0.4, -0.2) is 46.7 Å². The molecule has 2 N–H and O–H groups in total. The van der Waals surface area contributed by atoms with Crippen LogP contribution < -0.4 is 10.0 Å². The van der Waals surface area contributed by atoms with Crippen molar-refractivity contribution >= 4 is 31.6 Å². The molecule has 0 spiro atoms. The van der Waals surface area contributed by atoms with Crippen molar-refractivity contribution in [2.24, 2.45) is 5.92 Å². The molecule has 0 radical (unpaired) electrons. The molecule has 1 aliphatic heterocycles. The number of hydrogen-bond donors (Lipinski definition) is 2. The van der Waals surface area contributed by atoms with Gasteiger partial charge in [-0.25, -0.2) is 21.6 Å². The highest BCUT2D eigenvalue weighted by atomic mass is 32.2. The van der Waals surface area contributed by atoms with E-state index in [0.29, 0.717) is 24.7 Å². The third kappa shape index (κ3) is 6.16. The molecule has 0 saturated carbocycles. The zero-order valence-electron chi connectivity index (χ0n) is 18.2. The molecule has 0 aliphatic carbocycles. The maximum absolute atomic E-state index is 12.8. The normalized spacial score (nSPS) is 16.1. The molecule has 0 unspecified atom stereocenters. The summed E-state index contributed by atoms with van der Waals surface area (Å²) in [5.41, 5.74) is 1.40. The van der Waals surface area contributed by atoms with Crippen molar-refractivity contribution in [3.8, 4) is 0 Å². The molecule has 2 aromatic rings. The minimum Gasteiger partial charge on any atom is -0.326 e. The van der Waals surface area contributed by atoms with Crippen LogP contribution in [0.2, 0.25) is 0 Å². The summed E-state index contributed by atoms with van der Waals surface area (Å²) < 4.78 is 54.0. The van der Waals surface area contributed by atoms with Crippen molar-refractivity contribution in [3.63, 3.8) is 0 Å². The van der Waals surface area contributed by atoms with Gasteiger partial charge >= 0.3 is 0 Å². The topological polar surface area (TPSA) is 113 Å². The average Bonchev–Trinajstić information content (AvgIpc) is 2.74. The van der Waals surface area contributed by atoms with E-state index in [9.17, 15) is 21.6 Å². The lowest BCUT2D eigenvalue weighted by Crippen LogP contribution is -2.37. The van der Waals surface area contributed by atoms with Gasteiger partial charge in [0.1, 0.15) is 0 Å². The van der Waals surface area contributed by atoms with Crippen LogP contribution in [0.25, 0.3) is 0 Å². The lowest BCUT2D eigenvalue weighted by atomic mass is 10.0. The molecule has 3 rings (SSSR count). The fraction of sp³-hybridized carbons (Fsp3) is 0.409. The number of nitrogens with zero attached hydrogens (tertiary/aromatic N) is 1. The number of rotatable bonds is 8. The predicted molar refractivity (Wildman–Crippen MR) is 123 cm³/mol. The smallest absolute Gasteiger partial charge is 0.243 e. The van der Waals surface area contributed by atoms with Gasteiger partial charge < -0.3 is 5.32 Å². The molecular formula is C22H29N3O5S2. The monoisotopic (exact) mass is 479 g/mol. The number of carbonyl (C=O) groups excluding carboxylic acids is 1. The van der Waals surface area contributed by atoms with E-state index in [1.165, 1.54) is 40.7 Å². The van der Waals surface area contributed by atoms with Gasteiger partial charge in [-0.3, -0.25) is 4.79 Å². The summed E-state index contributed by atoms with van der Waals surface area (Å²) in [6.45, 7) is 4.96. The van der Waals surface area contributed by atoms with Crippen molar-refractivity contribution in [1.82, 2.24) is 9.03 Å². The van der Waals surface area contributed by atoms with Crippen molar-refractivity contribution < 1.29 is 21.6 Å². The second-order valence-corrected chi connectivity index (χ2v) is 11.8. The number of aryl methyl sites for hydroxylation is 1. The van der Waals surface area contributed by atoms with E-state index >= 15 is 0 Å². The summed E-state index contributed by atoms with van der Waals surface area (Å²) in [5.74, 6) is 0.151. The number of nitrogens with one attached hydrogen (secondary N) is 2. The summed E-state index contributed by atoms with van der Waals surface area (Å²) in [6.07, 6.45) is 1.64. The Balaban J connectivity index is 1.52. The largest absolute Gasteiger partial charge is 0.326 e. The highest BCUT2D eigenvalue weighted by Crippen LogP contribution is 2.24. The van der Waals surface area contributed by atoms with Crippen LogP contribution in [0.1, 0.15) is 31.7 Å². The van der Waals surface area contributed by atoms with Gasteiger partial charge in [0.05, 0.1) is 9.79 Å². The molecule has 2 aromatic carbocycles. The molecule has 0 atom stereocenters. The first-order valence-electron chi connectivity index (χ1n) is 10.5. The number of hydrogen-bond acceptors (Lipinski definition) is 5. The average molecular weight is 480 g/mol. The number of piperidine rings is 1. The number of benzene rings is 2. The van der Waals surface area contributed by atoms with Crippen molar-refractivity contribution in [2.75, 3.05) is 25.0 Å². The maximum atomic E-state index is 12.8. The summed E-state index contributed by atoms with van der Waals surface area (Å²) in [7, 11) is -7.23. The predicted octanol–water partition coefficient (Wildman–Crippen LogP) is 2.72. The van der Waals surface area contributed by atoms with Crippen molar-refractivity contribution in [2.45, 2.75) is 42.9 Å². The minimum atomic E-state index is -3.68. The Morgan fingerprint density at radius 3 is 2.09 bits per heavy atom. The Labute approximate surface area is 190 Å². The molecule has 1 fully saturated rings. The van der Waals surface area contributed by atoms with E-state index in [4.69, 9.17) is 0 Å². The van der Waals surface area contributed by atoms with Gasteiger partial charge in [0.2, 0.25) is 26.0 Å². The van der Waals surface area contributed by atoms with Crippen LogP contribution in [0, 0.1) is 12.8 Å². The fourth-order valence-electron chi connectivity index (χ4n) is 3.41. The summed E-state index contributed by atoms with van der Waals surface area (Å²) >= 11 is 0. The minimum absolute atomic E-state index is 0.0537. The molecule has 10 heteroatoms. The van der Waals surface area contributed by atoms with Gasteiger partial charge in [0.15, 0.2) is 0 Å². The van der Waals surface area contributed by atoms with Crippen LogP contribution in [0.15, 0.2) is 58.3 Å². The second-order valence-electron chi connectivity index (χ2n) is 8.12. The van der Waals surface area contributed by atoms with Crippen LogP contribution in [0.5, 0.6) is 0 Å². The molecule has 174 valence electrons. The highest BCUT2D eigenvalue weighted by Gasteiger charge is 2.27. The van der Waals surface area contributed by atoms with Gasteiger partial charge in [-0.1, -0.05) is 24.6 Å². The zero-order chi connectivity index (χ0) is 23.4. The fourth-order valence-corrected chi connectivity index (χ4v) is 5.91. The van der Waals surface area contributed by atoms with Gasteiger partial charge in [0.25, 0.3) is 0 Å². The SMILES string of the molecule is Cc1ccc(S(=O)(=O)NCCC(=O)Nc2ccc(S(=O)(=O)N3CCC(C)CC3)cc2)cc1. The Morgan fingerprint density at radius 1 is 0.938 bits per heavy atom.